The van der Waals surface area contributed by atoms with E-state index in [0.29, 0.717) is 37.1 Å². The van der Waals surface area contributed by atoms with Gasteiger partial charge in [0.05, 0.1) is 41.6 Å². The molecule has 0 spiro atoms. The van der Waals surface area contributed by atoms with Crippen molar-refractivity contribution in [3.8, 4) is 22.5 Å². The lowest BCUT2D eigenvalue weighted by molar-refractivity contribution is 0.0210. The molecule has 2 amide bonds. The van der Waals surface area contributed by atoms with Crippen molar-refractivity contribution in [3.63, 3.8) is 0 Å². The van der Waals surface area contributed by atoms with E-state index in [2.05, 4.69) is 15.6 Å². The number of ether oxygens (including phenoxy) is 2. The predicted molar refractivity (Wildman–Crippen MR) is 150 cm³/mol. The standard InChI is InChI=1S/C28H32FN5O5S/c1-17-16-39-11-10-34(17)27-32-24(15-25(33-27)23-12-19(29)6-9-26(23)40(3,36)37)18-4-7-20(8-5-18)30-28(35)31-21-13-22(14-21)38-2/h4-9,12,15,17,21-22H,10-11,13-14,16H2,1-3H3,(H2,30,31,35). The quantitative estimate of drug-likeness (QED) is 0.411. The number of carbonyl (C=O) groups excluding carboxylic acids is 1. The van der Waals surface area contributed by atoms with Crippen LogP contribution in [0.15, 0.2) is 53.4 Å². The summed E-state index contributed by atoms with van der Waals surface area (Å²) < 4.78 is 50.2. The van der Waals surface area contributed by atoms with Gasteiger partial charge in [-0.15, -0.1) is 0 Å². The van der Waals surface area contributed by atoms with Crippen molar-refractivity contribution >= 4 is 27.5 Å². The summed E-state index contributed by atoms with van der Waals surface area (Å²) in [5, 5.41) is 5.76. The van der Waals surface area contributed by atoms with Crippen LogP contribution in [0.1, 0.15) is 19.8 Å². The molecular formula is C28H32FN5O5S. The Hall–Kier alpha value is -3.61. The number of urea groups is 1. The summed E-state index contributed by atoms with van der Waals surface area (Å²) in [7, 11) is -2.00. The number of nitrogens with one attached hydrogen (secondary N) is 2. The maximum atomic E-state index is 14.3. The Labute approximate surface area is 232 Å². The normalized spacial score (nSPS) is 21.0. The summed E-state index contributed by atoms with van der Waals surface area (Å²) in [6.45, 7) is 3.53. The van der Waals surface area contributed by atoms with Crippen molar-refractivity contribution in [3.05, 3.63) is 54.3 Å². The number of hydrogen-bond acceptors (Lipinski definition) is 8. The predicted octanol–water partition coefficient (Wildman–Crippen LogP) is 3.88. The number of anilines is 2. The van der Waals surface area contributed by atoms with Crippen molar-refractivity contribution in [1.82, 2.24) is 15.3 Å². The van der Waals surface area contributed by atoms with Crippen LogP contribution in [-0.2, 0) is 19.3 Å². The van der Waals surface area contributed by atoms with Gasteiger partial charge in [0.2, 0.25) is 5.95 Å². The van der Waals surface area contributed by atoms with Gasteiger partial charge in [0.1, 0.15) is 5.82 Å². The average Bonchev–Trinajstić information content (AvgIpc) is 2.90. The molecule has 3 aromatic rings. The second-order valence-corrected chi connectivity index (χ2v) is 12.2. The molecular weight excluding hydrogens is 537 g/mol. The fourth-order valence-electron chi connectivity index (χ4n) is 4.85. The van der Waals surface area contributed by atoms with Gasteiger partial charge in [-0.25, -0.2) is 27.6 Å². The number of carbonyl (C=O) groups is 1. The summed E-state index contributed by atoms with van der Waals surface area (Å²) in [5.74, 6) is -0.180. The summed E-state index contributed by atoms with van der Waals surface area (Å²) in [4.78, 5) is 23.8. The lowest BCUT2D eigenvalue weighted by Gasteiger charge is -2.34. The number of halogens is 1. The maximum Gasteiger partial charge on any atom is 0.319 e. The van der Waals surface area contributed by atoms with Gasteiger partial charge < -0.3 is 25.0 Å². The Morgan fingerprint density at radius 1 is 1.10 bits per heavy atom. The van der Waals surface area contributed by atoms with E-state index in [-0.39, 0.29) is 40.4 Å². The molecule has 1 aliphatic heterocycles. The minimum Gasteiger partial charge on any atom is -0.381 e. The highest BCUT2D eigenvalue weighted by Gasteiger charge is 2.30. The molecule has 2 aromatic carbocycles. The molecule has 2 N–H and O–H groups in total. The van der Waals surface area contributed by atoms with Gasteiger partial charge in [-0.05, 0) is 56.2 Å². The SMILES string of the molecule is COC1CC(NC(=O)Nc2ccc(-c3cc(-c4cc(F)ccc4S(C)(=O)=O)nc(N4CCOCC4C)n3)cc2)C1. The molecule has 1 aliphatic carbocycles. The molecule has 212 valence electrons. The zero-order valence-corrected chi connectivity index (χ0v) is 23.4. The summed E-state index contributed by atoms with van der Waals surface area (Å²) >= 11 is 0. The largest absolute Gasteiger partial charge is 0.381 e. The zero-order valence-electron chi connectivity index (χ0n) is 22.6. The molecule has 5 rings (SSSR count). The van der Waals surface area contributed by atoms with Crippen LogP contribution in [0.2, 0.25) is 0 Å². The molecule has 1 unspecified atom stereocenters. The molecule has 0 radical (unpaired) electrons. The van der Waals surface area contributed by atoms with Crippen molar-refractivity contribution in [2.24, 2.45) is 0 Å². The van der Waals surface area contributed by atoms with Crippen molar-refractivity contribution in [1.29, 1.82) is 0 Å². The number of hydrogen-bond donors (Lipinski definition) is 2. The lowest BCUT2D eigenvalue weighted by Crippen LogP contribution is -2.48. The first-order valence-electron chi connectivity index (χ1n) is 13.0. The van der Waals surface area contributed by atoms with Crippen LogP contribution in [0, 0.1) is 5.82 Å². The third-order valence-electron chi connectivity index (χ3n) is 7.16. The Kier molecular flexibility index (Phi) is 8.02. The molecule has 10 nitrogen and oxygen atoms in total. The highest BCUT2D eigenvalue weighted by molar-refractivity contribution is 7.90. The summed E-state index contributed by atoms with van der Waals surface area (Å²) in [6.07, 6.45) is 2.85. The van der Waals surface area contributed by atoms with Crippen LogP contribution in [0.25, 0.3) is 22.5 Å². The smallest absolute Gasteiger partial charge is 0.319 e. The Balaban J connectivity index is 1.47. The van der Waals surface area contributed by atoms with Crippen molar-refractivity contribution in [2.75, 3.05) is 43.3 Å². The Bertz CT molecular complexity index is 1500. The molecule has 2 aliphatic rings. The highest BCUT2D eigenvalue weighted by Crippen LogP contribution is 2.32. The first kappa shape index (κ1) is 27.9. The second kappa shape index (κ2) is 11.5. The molecule has 0 bridgehead atoms. The van der Waals surface area contributed by atoms with Crippen LogP contribution in [0.4, 0.5) is 20.8 Å². The fraction of sp³-hybridized carbons (Fsp3) is 0.393. The Morgan fingerprint density at radius 3 is 2.50 bits per heavy atom. The van der Waals surface area contributed by atoms with Crippen LogP contribution in [0.3, 0.4) is 0 Å². The van der Waals surface area contributed by atoms with Gasteiger partial charge in [0, 0.05) is 42.8 Å². The van der Waals surface area contributed by atoms with Gasteiger partial charge in [0.25, 0.3) is 0 Å². The minimum absolute atomic E-state index is 0.0151. The monoisotopic (exact) mass is 569 g/mol. The number of sulfone groups is 1. The first-order valence-corrected chi connectivity index (χ1v) is 14.9. The molecule has 12 heteroatoms. The summed E-state index contributed by atoms with van der Waals surface area (Å²) in [6, 6.07) is 12.1. The van der Waals surface area contributed by atoms with Gasteiger partial charge >= 0.3 is 6.03 Å². The number of amides is 2. The topological polar surface area (TPSA) is 123 Å². The molecule has 1 atom stereocenters. The van der Waals surface area contributed by atoms with E-state index in [1.807, 2.05) is 24.0 Å². The average molecular weight is 570 g/mol. The number of aromatic nitrogens is 2. The minimum atomic E-state index is -3.67. The van der Waals surface area contributed by atoms with Crippen LogP contribution >= 0.6 is 0 Å². The molecule has 40 heavy (non-hydrogen) atoms. The molecule has 2 fully saturated rings. The lowest BCUT2D eigenvalue weighted by atomic mass is 9.89. The van der Waals surface area contributed by atoms with Gasteiger partial charge in [-0.1, -0.05) is 12.1 Å². The molecule has 2 heterocycles. The van der Waals surface area contributed by atoms with Crippen LogP contribution in [0.5, 0.6) is 0 Å². The van der Waals surface area contributed by atoms with Crippen molar-refractivity contribution < 1.29 is 27.1 Å². The third kappa shape index (κ3) is 6.24. The van der Waals surface area contributed by atoms with E-state index in [9.17, 15) is 17.6 Å². The van der Waals surface area contributed by atoms with E-state index in [1.165, 1.54) is 12.1 Å². The second-order valence-electron chi connectivity index (χ2n) is 10.2. The molecule has 1 saturated heterocycles. The molecule has 1 aromatic heterocycles. The number of methoxy groups -OCH3 is 1. The zero-order chi connectivity index (χ0) is 28.4. The third-order valence-corrected chi connectivity index (χ3v) is 8.31. The summed E-state index contributed by atoms with van der Waals surface area (Å²) in [5.41, 5.74) is 2.30. The molecule has 1 saturated carbocycles. The van der Waals surface area contributed by atoms with Gasteiger partial charge in [0.15, 0.2) is 9.84 Å². The first-order chi connectivity index (χ1) is 19.1. The fourth-order valence-corrected chi connectivity index (χ4v) is 5.73. The maximum absolute atomic E-state index is 14.3. The number of nitrogens with zero attached hydrogens (tertiary/aromatic N) is 3. The van der Waals surface area contributed by atoms with Gasteiger partial charge in [-0.2, -0.15) is 0 Å². The van der Waals surface area contributed by atoms with Crippen molar-refractivity contribution in [2.45, 2.75) is 42.8 Å². The van der Waals surface area contributed by atoms with E-state index in [0.717, 1.165) is 30.7 Å². The van der Waals surface area contributed by atoms with E-state index >= 15 is 0 Å². The highest BCUT2D eigenvalue weighted by atomic mass is 32.2. The van der Waals surface area contributed by atoms with E-state index < -0.39 is 15.7 Å². The number of benzene rings is 2. The van der Waals surface area contributed by atoms with Gasteiger partial charge in [-0.3, -0.25) is 0 Å². The number of morpholine rings is 1. The number of rotatable bonds is 7. The van der Waals surface area contributed by atoms with E-state index in [4.69, 9.17) is 14.5 Å². The Morgan fingerprint density at radius 2 is 1.82 bits per heavy atom. The van der Waals surface area contributed by atoms with Crippen LogP contribution in [-0.4, -0.2) is 75.7 Å². The van der Waals surface area contributed by atoms with E-state index in [1.54, 1.807) is 25.3 Å². The van der Waals surface area contributed by atoms with Crippen LogP contribution < -0.4 is 15.5 Å².